The van der Waals surface area contributed by atoms with Gasteiger partial charge in [0.1, 0.15) is 18.0 Å². The van der Waals surface area contributed by atoms with Gasteiger partial charge in [-0.05, 0) is 36.0 Å². The Labute approximate surface area is 178 Å². The molecule has 0 atom stereocenters. The fraction of sp³-hybridized carbons (Fsp3) is 0.360. The van der Waals surface area contributed by atoms with E-state index in [4.69, 9.17) is 0 Å². The Morgan fingerprint density at radius 2 is 1.63 bits per heavy atom. The maximum absolute atomic E-state index is 4.55. The highest BCUT2D eigenvalue weighted by molar-refractivity contribution is 5.51. The summed E-state index contributed by atoms with van der Waals surface area (Å²) in [5.41, 5.74) is 4.26. The van der Waals surface area contributed by atoms with E-state index in [0.717, 1.165) is 63.6 Å². The number of aromatic nitrogens is 2. The van der Waals surface area contributed by atoms with Gasteiger partial charge in [0.2, 0.25) is 0 Å². The van der Waals surface area contributed by atoms with Crippen molar-refractivity contribution in [1.29, 1.82) is 0 Å². The van der Waals surface area contributed by atoms with E-state index < -0.39 is 0 Å². The molecule has 0 radical (unpaired) electrons. The summed E-state index contributed by atoms with van der Waals surface area (Å²) in [6.07, 6.45) is 5.05. The largest absolute Gasteiger partial charge is 0.367 e. The second kappa shape index (κ2) is 8.84. The van der Waals surface area contributed by atoms with Crippen molar-refractivity contribution < 1.29 is 0 Å². The Morgan fingerprint density at radius 3 is 2.47 bits per heavy atom. The minimum atomic E-state index is 0.474. The molecule has 1 aromatic heterocycles. The first-order valence-electron chi connectivity index (χ1n) is 11.0. The zero-order chi connectivity index (χ0) is 20.2. The fourth-order valence-corrected chi connectivity index (χ4v) is 4.58. The van der Waals surface area contributed by atoms with Crippen LogP contribution < -0.4 is 10.2 Å². The molecule has 2 aromatic carbocycles. The molecule has 2 aliphatic heterocycles. The monoisotopic (exact) mass is 399 g/mol. The Bertz CT molecular complexity index is 966. The molecule has 154 valence electrons. The van der Waals surface area contributed by atoms with Crippen molar-refractivity contribution in [2.24, 2.45) is 0 Å². The molecule has 5 nitrogen and oxygen atoms in total. The van der Waals surface area contributed by atoms with E-state index in [1.54, 1.807) is 6.33 Å². The maximum Gasteiger partial charge on any atom is 0.134 e. The van der Waals surface area contributed by atoms with Crippen LogP contribution in [0.1, 0.15) is 29.5 Å². The average Bonchev–Trinajstić information content (AvgIpc) is 2.81. The van der Waals surface area contributed by atoms with E-state index in [9.17, 15) is 0 Å². The average molecular weight is 400 g/mol. The van der Waals surface area contributed by atoms with Gasteiger partial charge in [0.15, 0.2) is 0 Å². The minimum absolute atomic E-state index is 0.474. The Kier molecular flexibility index (Phi) is 5.62. The molecule has 0 saturated carbocycles. The second-order valence-electron chi connectivity index (χ2n) is 8.38. The molecule has 3 heterocycles. The van der Waals surface area contributed by atoms with Crippen LogP contribution in [0.4, 0.5) is 11.6 Å². The van der Waals surface area contributed by atoms with Crippen LogP contribution in [-0.4, -0.2) is 40.5 Å². The van der Waals surface area contributed by atoms with E-state index >= 15 is 0 Å². The third kappa shape index (κ3) is 4.46. The first kappa shape index (κ1) is 19.1. The summed E-state index contributed by atoms with van der Waals surface area (Å²) < 4.78 is 0. The van der Waals surface area contributed by atoms with Crippen molar-refractivity contribution in [1.82, 2.24) is 14.9 Å². The second-order valence-corrected chi connectivity index (χ2v) is 8.38. The topological polar surface area (TPSA) is 44.3 Å². The summed E-state index contributed by atoms with van der Waals surface area (Å²) in [5, 5.41) is 3.66. The van der Waals surface area contributed by atoms with Gasteiger partial charge in [0.05, 0.1) is 0 Å². The lowest BCUT2D eigenvalue weighted by molar-refractivity contribution is 0.211. The molecule has 1 saturated heterocycles. The highest BCUT2D eigenvalue weighted by Gasteiger charge is 2.21. The molecule has 0 bridgehead atoms. The number of piperidine rings is 1. The van der Waals surface area contributed by atoms with Crippen molar-refractivity contribution in [3.63, 3.8) is 0 Å². The molecule has 3 aromatic rings. The Hall–Kier alpha value is -2.92. The zero-order valence-electron chi connectivity index (χ0n) is 17.4. The smallest absolute Gasteiger partial charge is 0.134 e. The first-order valence-corrected chi connectivity index (χ1v) is 11.0. The molecular weight excluding hydrogens is 370 g/mol. The lowest BCUT2D eigenvalue weighted by Gasteiger charge is -2.33. The molecule has 0 unspecified atom stereocenters. The van der Waals surface area contributed by atoms with E-state index in [1.807, 2.05) is 0 Å². The van der Waals surface area contributed by atoms with Crippen molar-refractivity contribution in [2.45, 2.75) is 38.4 Å². The number of nitrogens with one attached hydrogen (secondary N) is 1. The standard InChI is InChI=1S/C25H29N5/c1-2-6-20(7-3-1)17-29-13-11-23(12-14-29)28-24-16-25(27-19-26-24)30-15-10-21-8-4-5-9-22(21)18-30/h1-9,16,19,23H,10-15,17-18H2,(H,26,27,28). The Morgan fingerprint density at radius 1 is 0.867 bits per heavy atom. The summed E-state index contributed by atoms with van der Waals surface area (Å²) >= 11 is 0. The van der Waals surface area contributed by atoms with Gasteiger partial charge in [-0.25, -0.2) is 9.97 Å². The van der Waals surface area contributed by atoms with E-state index in [2.05, 4.69) is 85.7 Å². The van der Waals surface area contributed by atoms with Gasteiger partial charge < -0.3 is 10.2 Å². The van der Waals surface area contributed by atoms with Crippen LogP contribution in [0.5, 0.6) is 0 Å². The molecule has 0 aliphatic carbocycles. The van der Waals surface area contributed by atoms with Crippen molar-refractivity contribution in [3.8, 4) is 0 Å². The van der Waals surface area contributed by atoms with Crippen LogP contribution in [0.15, 0.2) is 67.0 Å². The molecule has 30 heavy (non-hydrogen) atoms. The van der Waals surface area contributed by atoms with Crippen molar-refractivity contribution in [2.75, 3.05) is 29.9 Å². The van der Waals surface area contributed by atoms with Gasteiger partial charge in [-0.1, -0.05) is 54.6 Å². The van der Waals surface area contributed by atoms with Crippen LogP contribution >= 0.6 is 0 Å². The number of benzene rings is 2. The molecular formula is C25H29N5. The third-order valence-corrected chi connectivity index (χ3v) is 6.30. The van der Waals surface area contributed by atoms with Crippen LogP contribution in [0, 0.1) is 0 Å². The van der Waals surface area contributed by atoms with Crippen molar-refractivity contribution >= 4 is 11.6 Å². The Balaban J connectivity index is 1.17. The minimum Gasteiger partial charge on any atom is -0.367 e. The number of hydrogen-bond donors (Lipinski definition) is 1. The van der Waals surface area contributed by atoms with Gasteiger partial charge in [-0.2, -0.15) is 0 Å². The number of fused-ring (bicyclic) bond motifs is 1. The summed E-state index contributed by atoms with van der Waals surface area (Å²) in [5.74, 6) is 1.96. The highest BCUT2D eigenvalue weighted by atomic mass is 15.2. The normalized spacial score (nSPS) is 17.5. The summed E-state index contributed by atoms with van der Waals surface area (Å²) in [6.45, 7) is 5.21. The third-order valence-electron chi connectivity index (χ3n) is 6.30. The first-order chi connectivity index (χ1) is 14.8. The quantitative estimate of drug-likeness (QED) is 0.699. The number of likely N-dealkylation sites (tertiary alicyclic amines) is 1. The van der Waals surface area contributed by atoms with E-state index in [-0.39, 0.29) is 0 Å². The number of hydrogen-bond acceptors (Lipinski definition) is 5. The number of rotatable bonds is 5. The van der Waals surface area contributed by atoms with Gasteiger partial charge >= 0.3 is 0 Å². The lowest BCUT2D eigenvalue weighted by Crippen LogP contribution is -2.38. The molecule has 0 spiro atoms. The van der Waals surface area contributed by atoms with Crippen LogP contribution in [0.25, 0.3) is 0 Å². The van der Waals surface area contributed by atoms with Gasteiger partial charge in [0.25, 0.3) is 0 Å². The molecule has 1 N–H and O–H groups in total. The van der Waals surface area contributed by atoms with Gasteiger partial charge in [-0.15, -0.1) is 0 Å². The highest BCUT2D eigenvalue weighted by Crippen LogP contribution is 2.25. The summed E-state index contributed by atoms with van der Waals surface area (Å²) in [4.78, 5) is 14.0. The predicted octanol–water partition coefficient (Wildman–Crippen LogP) is 4.12. The van der Waals surface area contributed by atoms with Crippen LogP contribution in [0.3, 0.4) is 0 Å². The van der Waals surface area contributed by atoms with Crippen molar-refractivity contribution in [3.05, 3.63) is 83.7 Å². The maximum atomic E-state index is 4.55. The van der Waals surface area contributed by atoms with Crippen LogP contribution in [0.2, 0.25) is 0 Å². The fourth-order valence-electron chi connectivity index (χ4n) is 4.58. The number of nitrogens with zero attached hydrogens (tertiary/aromatic N) is 4. The molecule has 1 fully saturated rings. The molecule has 2 aliphatic rings. The number of anilines is 2. The van der Waals surface area contributed by atoms with Gasteiger partial charge in [0, 0.05) is 44.8 Å². The molecule has 0 amide bonds. The van der Waals surface area contributed by atoms with Gasteiger partial charge in [-0.3, -0.25) is 4.90 Å². The molecule has 5 heteroatoms. The predicted molar refractivity (Wildman–Crippen MR) is 122 cm³/mol. The van der Waals surface area contributed by atoms with E-state index in [0.29, 0.717) is 6.04 Å². The zero-order valence-corrected chi connectivity index (χ0v) is 17.4. The molecule has 5 rings (SSSR count). The SMILES string of the molecule is c1ccc(CN2CCC(Nc3cc(N4CCc5ccccc5C4)ncn3)CC2)cc1. The lowest BCUT2D eigenvalue weighted by atomic mass is 10.00. The van der Waals surface area contributed by atoms with E-state index in [1.165, 1.54) is 16.7 Å². The van der Waals surface area contributed by atoms with Crippen LogP contribution in [-0.2, 0) is 19.5 Å². The summed E-state index contributed by atoms with van der Waals surface area (Å²) in [7, 11) is 0. The summed E-state index contributed by atoms with van der Waals surface area (Å²) in [6, 6.07) is 22.1.